The minimum absolute atomic E-state index is 0.165. The summed E-state index contributed by atoms with van der Waals surface area (Å²) in [7, 11) is 3.10. The molecule has 1 amide bonds. The maximum atomic E-state index is 11.7. The topological polar surface area (TPSA) is 67.8 Å². The standard InChI is InChI=1S/C13H19NO4/c1-17-9-11(15)7-8-14-13(16)10-3-5-12(18-2)6-4-10/h3-6,11,15H,7-9H2,1-2H3,(H,14,16). The second-order valence-electron chi connectivity index (χ2n) is 3.88. The van der Waals surface area contributed by atoms with Crippen LogP contribution in [0, 0.1) is 0 Å². The van der Waals surface area contributed by atoms with Crippen molar-refractivity contribution in [1.29, 1.82) is 0 Å². The van der Waals surface area contributed by atoms with Gasteiger partial charge in [0.25, 0.3) is 5.91 Å². The second kappa shape index (κ2) is 7.68. The second-order valence-corrected chi connectivity index (χ2v) is 3.88. The zero-order valence-electron chi connectivity index (χ0n) is 10.7. The van der Waals surface area contributed by atoms with Crippen LogP contribution in [0.3, 0.4) is 0 Å². The number of benzene rings is 1. The lowest BCUT2D eigenvalue weighted by Crippen LogP contribution is -2.28. The lowest BCUT2D eigenvalue weighted by molar-refractivity contribution is 0.0587. The van der Waals surface area contributed by atoms with Gasteiger partial charge in [0.2, 0.25) is 0 Å². The van der Waals surface area contributed by atoms with Crippen molar-refractivity contribution >= 4 is 5.91 Å². The van der Waals surface area contributed by atoms with E-state index in [1.165, 1.54) is 7.11 Å². The Morgan fingerprint density at radius 2 is 2.00 bits per heavy atom. The molecular formula is C13H19NO4. The third-order valence-corrected chi connectivity index (χ3v) is 2.47. The zero-order chi connectivity index (χ0) is 13.4. The molecule has 5 heteroatoms. The van der Waals surface area contributed by atoms with Gasteiger partial charge in [0, 0.05) is 19.2 Å². The van der Waals surface area contributed by atoms with Gasteiger partial charge < -0.3 is 19.9 Å². The molecule has 5 nitrogen and oxygen atoms in total. The molecule has 0 bridgehead atoms. The molecule has 0 saturated heterocycles. The third kappa shape index (κ3) is 4.73. The van der Waals surface area contributed by atoms with Gasteiger partial charge in [-0.05, 0) is 30.7 Å². The Morgan fingerprint density at radius 1 is 1.33 bits per heavy atom. The summed E-state index contributed by atoms with van der Waals surface area (Å²) in [5, 5.41) is 12.1. The smallest absolute Gasteiger partial charge is 0.251 e. The van der Waals surface area contributed by atoms with E-state index >= 15 is 0 Å². The van der Waals surface area contributed by atoms with Crippen molar-refractivity contribution in [2.45, 2.75) is 12.5 Å². The van der Waals surface area contributed by atoms with Gasteiger partial charge in [-0.1, -0.05) is 0 Å². The number of hydrogen-bond acceptors (Lipinski definition) is 4. The van der Waals surface area contributed by atoms with Crippen molar-refractivity contribution in [3.63, 3.8) is 0 Å². The van der Waals surface area contributed by atoms with Gasteiger partial charge in [-0.15, -0.1) is 0 Å². The molecule has 0 aliphatic heterocycles. The van der Waals surface area contributed by atoms with E-state index in [1.54, 1.807) is 31.4 Å². The van der Waals surface area contributed by atoms with E-state index < -0.39 is 6.10 Å². The minimum atomic E-state index is -0.550. The Hall–Kier alpha value is -1.59. The molecule has 0 saturated carbocycles. The summed E-state index contributed by atoms with van der Waals surface area (Å²) in [5.41, 5.74) is 0.567. The largest absolute Gasteiger partial charge is 0.497 e. The average molecular weight is 253 g/mol. The van der Waals surface area contributed by atoms with Gasteiger partial charge in [-0.25, -0.2) is 0 Å². The van der Waals surface area contributed by atoms with Crippen molar-refractivity contribution in [1.82, 2.24) is 5.32 Å². The third-order valence-electron chi connectivity index (χ3n) is 2.47. The number of aliphatic hydroxyl groups is 1. The summed E-state index contributed by atoms with van der Waals surface area (Å²) in [4.78, 5) is 11.7. The SMILES string of the molecule is COCC(O)CCNC(=O)c1ccc(OC)cc1. The Balaban J connectivity index is 2.35. The molecule has 1 aromatic carbocycles. The minimum Gasteiger partial charge on any atom is -0.497 e. The molecule has 2 N–H and O–H groups in total. The number of carbonyl (C=O) groups is 1. The average Bonchev–Trinajstić information content (AvgIpc) is 2.39. The molecule has 0 aromatic heterocycles. The first-order valence-electron chi connectivity index (χ1n) is 5.76. The van der Waals surface area contributed by atoms with Crippen LogP contribution >= 0.6 is 0 Å². The molecule has 1 atom stereocenters. The predicted molar refractivity (Wildman–Crippen MR) is 67.8 cm³/mol. The highest BCUT2D eigenvalue weighted by molar-refractivity contribution is 5.94. The number of hydrogen-bond donors (Lipinski definition) is 2. The number of methoxy groups -OCH3 is 2. The van der Waals surface area contributed by atoms with Gasteiger partial charge in [0.1, 0.15) is 5.75 Å². The number of nitrogens with one attached hydrogen (secondary N) is 1. The normalized spacial score (nSPS) is 11.9. The summed E-state index contributed by atoms with van der Waals surface area (Å²) < 4.78 is 9.80. The molecule has 1 unspecified atom stereocenters. The molecule has 0 spiro atoms. The van der Waals surface area contributed by atoms with E-state index in [9.17, 15) is 9.90 Å². The first-order chi connectivity index (χ1) is 8.67. The van der Waals surface area contributed by atoms with E-state index in [0.29, 0.717) is 24.3 Å². The number of aliphatic hydroxyl groups excluding tert-OH is 1. The fourth-order valence-corrected chi connectivity index (χ4v) is 1.47. The Kier molecular flexibility index (Phi) is 6.18. The molecule has 100 valence electrons. The van der Waals surface area contributed by atoms with Crippen LogP contribution in [0.15, 0.2) is 24.3 Å². The Bertz CT molecular complexity index is 364. The first-order valence-corrected chi connectivity index (χ1v) is 5.76. The molecule has 0 aliphatic carbocycles. The first kappa shape index (κ1) is 14.5. The lowest BCUT2D eigenvalue weighted by Gasteiger charge is -2.10. The Morgan fingerprint density at radius 3 is 2.56 bits per heavy atom. The summed E-state index contributed by atoms with van der Waals surface area (Å²) in [6, 6.07) is 6.85. The van der Waals surface area contributed by atoms with Crippen LogP contribution in [0.4, 0.5) is 0 Å². The van der Waals surface area contributed by atoms with Crippen molar-refractivity contribution in [2.24, 2.45) is 0 Å². The molecule has 1 rings (SSSR count). The molecule has 0 fully saturated rings. The fourth-order valence-electron chi connectivity index (χ4n) is 1.47. The van der Waals surface area contributed by atoms with E-state index in [-0.39, 0.29) is 12.5 Å². The maximum absolute atomic E-state index is 11.7. The van der Waals surface area contributed by atoms with Crippen LogP contribution in [0.2, 0.25) is 0 Å². The van der Waals surface area contributed by atoms with E-state index in [1.807, 2.05) is 0 Å². The highest BCUT2D eigenvalue weighted by Crippen LogP contribution is 2.10. The monoisotopic (exact) mass is 253 g/mol. The number of ether oxygens (including phenoxy) is 2. The number of amides is 1. The Labute approximate surface area is 107 Å². The van der Waals surface area contributed by atoms with Crippen LogP contribution in [0.5, 0.6) is 5.75 Å². The van der Waals surface area contributed by atoms with Gasteiger partial charge in [0.05, 0.1) is 19.8 Å². The van der Waals surface area contributed by atoms with Crippen molar-refractivity contribution in [2.75, 3.05) is 27.4 Å². The molecule has 1 aromatic rings. The van der Waals surface area contributed by atoms with Crippen LogP contribution in [-0.2, 0) is 4.74 Å². The van der Waals surface area contributed by atoms with E-state index in [4.69, 9.17) is 9.47 Å². The van der Waals surface area contributed by atoms with E-state index in [2.05, 4.69) is 5.32 Å². The summed E-state index contributed by atoms with van der Waals surface area (Å²) in [6.45, 7) is 0.688. The fraction of sp³-hybridized carbons (Fsp3) is 0.462. The number of rotatable bonds is 7. The molecule has 0 radical (unpaired) electrons. The van der Waals surface area contributed by atoms with Crippen LogP contribution in [0.1, 0.15) is 16.8 Å². The highest BCUT2D eigenvalue weighted by atomic mass is 16.5. The molecular weight excluding hydrogens is 234 g/mol. The maximum Gasteiger partial charge on any atom is 0.251 e. The lowest BCUT2D eigenvalue weighted by atomic mass is 10.2. The molecule has 0 heterocycles. The van der Waals surface area contributed by atoms with Crippen molar-refractivity contribution < 1.29 is 19.4 Å². The van der Waals surface area contributed by atoms with Crippen LogP contribution in [0.25, 0.3) is 0 Å². The number of carbonyl (C=O) groups excluding carboxylic acids is 1. The quantitative estimate of drug-likeness (QED) is 0.755. The van der Waals surface area contributed by atoms with Crippen LogP contribution < -0.4 is 10.1 Å². The molecule has 0 aliphatic rings. The summed E-state index contributed by atoms with van der Waals surface area (Å²) in [5.74, 6) is 0.546. The van der Waals surface area contributed by atoms with Crippen molar-refractivity contribution in [3.8, 4) is 5.75 Å². The van der Waals surface area contributed by atoms with Crippen LogP contribution in [-0.4, -0.2) is 44.5 Å². The zero-order valence-corrected chi connectivity index (χ0v) is 10.7. The summed E-state index contributed by atoms with van der Waals surface area (Å²) >= 11 is 0. The van der Waals surface area contributed by atoms with Crippen molar-refractivity contribution in [3.05, 3.63) is 29.8 Å². The van der Waals surface area contributed by atoms with E-state index in [0.717, 1.165) is 0 Å². The van der Waals surface area contributed by atoms with Gasteiger partial charge in [0.15, 0.2) is 0 Å². The van der Waals surface area contributed by atoms with Gasteiger partial charge >= 0.3 is 0 Å². The highest BCUT2D eigenvalue weighted by Gasteiger charge is 2.07. The van der Waals surface area contributed by atoms with Gasteiger partial charge in [-0.2, -0.15) is 0 Å². The van der Waals surface area contributed by atoms with Gasteiger partial charge in [-0.3, -0.25) is 4.79 Å². The molecule has 18 heavy (non-hydrogen) atoms. The predicted octanol–water partition coefficient (Wildman–Crippen LogP) is 0.822. The summed E-state index contributed by atoms with van der Waals surface area (Å²) in [6.07, 6.45) is -0.0819.